The van der Waals surface area contributed by atoms with E-state index >= 15 is 0 Å². The highest BCUT2D eigenvalue weighted by Crippen LogP contribution is 2.33. The molecule has 0 aliphatic heterocycles. The molecular formula is C17H14O4. The molecule has 0 amide bonds. The van der Waals surface area contributed by atoms with Crippen LogP contribution in [0.25, 0.3) is 0 Å². The molecule has 0 spiro atoms. The first-order valence-electron chi connectivity index (χ1n) is 6.30. The molecule has 0 bridgehead atoms. The summed E-state index contributed by atoms with van der Waals surface area (Å²) in [5, 5.41) is 10.2. The second-order valence-electron chi connectivity index (χ2n) is 4.48. The average Bonchev–Trinajstić information content (AvgIpc) is 2.50. The van der Waals surface area contributed by atoms with E-state index in [9.17, 15) is 14.7 Å². The van der Waals surface area contributed by atoms with Gasteiger partial charge in [-0.2, -0.15) is 0 Å². The number of benzene rings is 2. The second kappa shape index (κ2) is 6.05. The van der Waals surface area contributed by atoms with E-state index < -0.39 is 5.97 Å². The van der Waals surface area contributed by atoms with Crippen molar-refractivity contribution in [3.05, 3.63) is 71.8 Å². The quantitative estimate of drug-likeness (QED) is 0.405. The lowest BCUT2D eigenvalue weighted by Gasteiger charge is -2.10. The van der Waals surface area contributed by atoms with Gasteiger partial charge in [-0.05, 0) is 24.6 Å². The Bertz CT molecular complexity index is 702. The number of ether oxygens (including phenoxy) is 1. The van der Waals surface area contributed by atoms with Crippen LogP contribution >= 0.6 is 0 Å². The van der Waals surface area contributed by atoms with Crippen molar-refractivity contribution in [1.82, 2.24) is 0 Å². The number of hydrogen-bond acceptors (Lipinski definition) is 4. The van der Waals surface area contributed by atoms with Crippen molar-refractivity contribution in [2.24, 2.45) is 0 Å². The number of aromatic hydroxyl groups is 1. The Kier molecular flexibility index (Phi) is 4.18. The average molecular weight is 282 g/mol. The van der Waals surface area contributed by atoms with E-state index in [0.717, 1.165) is 6.08 Å². The molecule has 0 unspecified atom stereocenters. The second-order valence-corrected chi connectivity index (χ2v) is 4.48. The number of phenolic OH excluding ortho intramolecular Hbond substituents is 1. The molecule has 106 valence electrons. The summed E-state index contributed by atoms with van der Waals surface area (Å²) in [6, 6.07) is 11.6. The van der Waals surface area contributed by atoms with Gasteiger partial charge < -0.3 is 9.84 Å². The fraction of sp³-hybridized carbons (Fsp3) is 0.0588. The molecule has 0 aliphatic rings. The Morgan fingerprint density at radius 1 is 1.19 bits per heavy atom. The maximum atomic E-state index is 12.4. The van der Waals surface area contributed by atoms with Gasteiger partial charge in [0.05, 0.1) is 5.56 Å². The summed E-state index contributed by atoms with van der Waals surface area (Å²) < 4.78 is 4.94. The molecule has 1 N–H and O–H groups in total. The largest absolute Gasteiger partial charge is 0.504 e. The third kappa shape index (κ3) is 3.17. The normalized spacial score (nSPS) is 9.95. The summed E-state index contributed by atoms with van der Waals surface area (Å²) in [5.41, 5.74) is 1.23. The van der Waals surface area contributed by atoms with Gasteiger partial charge in [0.15, 0.2) is 17.3 Å². The number of carbonyl (C=O) groups excluding carboxylic acids is 2. The fourth-order valence-electron chi connectivity index (χ4n) is 1.89. The lowest BCUT2D eigenvalue weighted by atomic mass is 10.00. The van der Waals surface area contributed by atoms with E-state index in [1.54, 1.807) is 43.3 Å². The molecule has 0 fully saturated rings. The van der Waals surface area contributed by atoms with Crippen molar-refractivity contribution in [3.8, 4) is 11.5 Å². The Morgan fingerprint density at radius 2 is 1.86 bits per heavy atom. The van der Waals surface area contributed by atoms with Crippen LogP contribution in [0.4, 0.5) is 0 Å². The molecule has 0 saturated carbocycles. The van der Waals surface area contributed by atoms with Crippen LogP contribution in [0.1, 0.15) is 21.5 Å². The fourth-order valence-corrected chi connectivity index (χ4v) is 1.89. The van der Waals surface area contributed by atoms with Gasteiger partial charge in [0.25, 0.3) is 0 Å². The molecule has 0 heterocycles. The maximum absolute atomic E-state index is 12.4. The first kappa shape index (κ1) is 14.5. The third-order valence-corrected chi connectivity index (χ3v) is 2.88. The van der Waals surface area contributed by atoms with E-state index in [0.29, 0.717) is 11.1 Å². The minimum atomic E-state index is -0.700. The van der Waals surface area contributed by atoms with Crippen LogP contribution in [0.2, 0.25) is 0 Å². The molecule has 2 rings (SSSR count). The number of hydrogen-bond donors (Lipinski definition) is 1. The van der Waals surface area contributed by atoms with Crippen molar-refractivity contribution in [2.75, 3.05) is 0 Å². The first-order valence-corrected chi connectivity index (χ1v) is 6.30. The van der Waals surface area contributed by atoms with Crippen LogP contribution in [0.5, 0.6) is 11.5 Å². The predicted molar refractivity (Wildman–Crippen MR) is 78.6 cm³/mol. The maximum Gasteiger partial charge on any atom is 0.335 e. The lowest BCUT2D eigenvalue weighted by molar-refractivity contribution is -0.129. The van der Waals surface area contributed by atoms with Crippen molar-refractivity contribution in [1.29, 1.82) is 0 Å². The van der Waals surface area contributed by atoms with Crippen molar-refractivity contribution in [3.63, 3.8) is 0 Å². The number of esters is 1. The van der Waals surface area contributed by atoms with Gasteiger partial charge in [-0.15, -0.1) is 0 Å². The number of phenols is 1. The molecule has 0 aromatic heterocycles. The van der Waals surface area contributed by atoms with E-state index in [-0.39, 0.29) is 22.8 Å². The zero-order valence-electron chi connectivity index (χ0n) is 11.5. The molecule has 4 heteroatoms. The number of rotatable bonds is 4. The van der Waals surface area contributed by atoms with Gasteiger partial charge in [-0.3, -0.25) is 4.79 Å². The highest BCUT2D eigenvalue weighted by Gasteiger charge is 2.19. The van der Waals surface area contributed by atoms with Gasteiger partial charge in [-0.25, -0.2) is 4.79 Å². The molecule has 0 radical (unpaired) electrons. The van der Waals surface area contributed by atoms with E-state index in [1.165, 1.54) is 6.07 Å². The number of aryl methyl sites for hydroxylation is 1. The standard InChI is InChI=1S/C17H14O4/c1-3-15(18)21-14-10-11(2)9-13(17(14)20)16(19)12-7-5-4-6-8-12/h3-10,20H,1H2,2H3. The molecule has 0 saturated heterocycles. The van der Waals surface area contributed by atoms with Crippen LogP contribution in [-0.2, 0) is 4.79 Å². The van der Waals surface area contributed by atoms with Gasteiger partial charge in [0, 0.05) is 11.6 Å². The molecule has 4 nitrogen and oxygen atoms in total. The van der Waals surface area contributed by atoms with Gasteiger partial charge in [0.1, 0.15) is 0 Å². The minimum absolute atomic E-state index is 0.0563. The summed E-state index contributed by atoms with van der Waals surface area (Å²) >= 11 is 0. The summed E-state index contributed by atoms with van der Waals surface area (Å²) in [7, 11) is 0. The molecule has 2 aromatic rings. The van der Waals surface area contributed by atoms with Crippen LogP contribution in [-0.4, -0.2) is 16.9 Å². The first-order chi connectivity index (χ1) is 10.0. The highest BCUT2D eigenvalue weighted by atomic mass is 16.5. The molecule has 21 heavy (non-hydrogen) atoms. The van der Waals surface area contributed by atoms with Crippen LogP contribution < -0.4 is 4.74 Å². The van der Waals surface area contributed by atoms with E-state index in [4.69, 9.17) is 4.74 Å². The van der Waals surface area contributed by atoms with Crippen molar-refractivity contribution >= 4 is 11.8 Å². The zero-order chi connectivity index (χ0) is 15.4. The lowest BCUT2D eigenvalue weighted by Crippen LogP contribution is -2.07. The van der Waals surface area contributed by atoms with Gasteiger partial charge >= 0.3 is 5.97 Å². The van der Waals surface area contributed by atoms with Gasteiger partial charge in [-0.1, -0.05) is 36.9 Å². The smallest absolute Gasteiger partial charge is 0.335 e. The summed E-state index contributed by atoms with van der Waals surface area (Å²) in [5.74, 6) is -1.45. The highest BCUT2D eigenvalue weighted by molar-refractivity contribution is 6.11. The molecule has 0 atom stereocenters. The monoisotopic (exact) mass is 282 g/mol. The van der Waals surface area contributed by atoms with Crippen LogP contribution in [0, 0.1) is 6.92 Å². The summed E-state index contributed by atoms with van der Waals surface area (Å²) in [6.07, 6.45) is 0.987. The summed E-state index contributed by atoms with van der Waals surface area (Å²) in [6.45, 7) is 5.03. The number of carbonyl (C=O) groups is 2. The Morgan fingerprint density at radius 3 is 2.48 bits per heavy atom. The third-order valence-electron chi connectivity index (χ3n) is 2.88. The summed E-state index contributed by atoms with van der Waals surface area (Å²) in [4.78, 5) is 23.7. The zero-order valence-corrected chi connectivity index (χ0v) is 11.5. The SMILES string of the molecule is C=CC(=O)Oc1cc(C)cc(C(=O)c2ccccc2)c1O. The molecule has 2 aromatic carbocycles. The van der Waals surface area contributed by atoms with Crippen molar-refractivity contribution in [2.45, 2.75) is 6.92 Å². The van der Waals surface area contributed by atoms with Crippen LogP contribution in [0.3, 0.4) is 0 Å². The van der Waals surface area contributed by atoms with E-state index in [1.807, 2.05) is 0 Å². The molecular weight excluding hydrogens is 268 g/mol. The van der Waals surface area contributed by atoms with Gasteiger partial charge in [0.2, 0.25) is 0 Å². The Hall–Kier alpha value is -2.88. The topological polar surface area (TPSA) is 63.6 Å². The van der Waals surface area contributed by atoms with Crippen LogP contribution in [0.15, 0.2) is 55.1 Å². The molecule has 0 aliphatic carbocycles. The minimum Gasteiger partial charge on any atom is -0.504 e. The van der Waals surface area contributed by atoms with E-state index in [2.05, 4.69) is 6.58 Å². The number of ketones is 1. The Labute approximate surface area is 122 Å². The predicted octanol–water partition coefficient (Wildman–Crippen LogP) is 3.02. The van der Waals surface area contributed by atoms with Crippen molar-refractivity contribution < 1.29 is 19.4 Å². The Balaban J connectivity index is 2.47.